The molecule has 2 bridgehead atoms. The van der Waals surface area contributed by atoms with E-state index in [9.17, 15) is 75.7 Å². The van der Waals surface area contributed by atoms with Crippen molar-refractivity contribution in [3.8, 4) is 11.5 Å². The largest absolute Gasteiger partial charge is 0.504 e. The van der Waals surface area contributed by atoms with Crippen LogP contribution >= 0.6 is 0 Å². The van der Waals surface area contributed by atoms with E-state index in [0.29, 0.717) is 80.9 Å². The first-order chi connectivity index (χ1) is 41.8. The van der Waals surface area contributed by atoms with Gasteiger partial charge in [0.25, 0.3) is 0 Å². The lowest BCUT2D eigenvalue weighted by Crippen LogP contribution is -2.67. The van der Waals surface area contributed by atoms with Crippen LogP contribution in [0.2, 0.25) is 0 Å². The second kappa shape index (κ2) is 27.6. The highest BCUT2D eigenvalue weighted by Crippen LogP contribution is 2.74. The predicted octanol–water partition coefficient (Wildman–Crippen LogP) is 0.126. The summed E-state index contributed by atoms with van der Waals surface area (Å²) in [7, 11) is 1.42. The number of hydrogen-bond donors (Lipinski definition) is 13. The zero-order valence-electron chi connectivity index (χ0n) is 50.3. The molecule has 2 amide bonds. The number of nitrogens with zero attached hydrogens (tertiary/aromatic N) is 1. The lowest BCUT2D eigenvalue weighted by atomic mass is 9.40. The third-order valence-corrected chi connectivity index (χ3v) is 21.0. The minimum Gasteiger partial charge on any atom is -0.504 e. The van der Waals surface area contributed by atoms with E-state index in [1.54, 1.807) is 49.4 Å². The first-order valence-electron chi connectivity index (χ1n) is 30.7. The number of hydrogen-bond acceptors (Lipinski definition) is 22. The van der Waals surface area contributed by atoms with Crippen molar-refractivity contribution in [2.75, 3.05) is 40.1 Å². The van der Waals surface area contributed by atoms with Gasteiger partial charge in [0.1, 0.15) is 67.6 Å². The number of ether oxygens (including phenoxy) is 7. The smallest absolute Gasteiger partial charge is 0.305 e. The monoisotopic (exact) mass is 1240 g/mol. The SMILES string of the molecule is C=C1C[C@@]23CC[C@H]4[C@@](C)(CCC[C@@]4(C)C(=O)N(CCCc4ccc(OC)c(O)c4)[C@H](CC(=O)O)C(=O)NC(Cc4ccccc4)C(=O)CO)[C@@H]2CC[C@]1(O[C@@H]1O[C@H](CO)[C@@H](O)[C@H](O[C@@H]2O[C@H](CO)[C@@H](C)[C@H](O)[C@H]2O)[C@H]1O[C@@H]1O[C@H](CO)[C@@H](O)[C@H](O)[C@H]1O)C3. The summed E-state index contributed by atoms with van der Waals surface area (Å²) in [6.45, 7) is 7.07. The number of carboxylic acids is 1. The Morgan fingerprint density at radius 3 is 2.03 bits per heavy atom. The fraction of sp³-hybridized carbons (Fsp3) is 0.714. The molecule has 4 aliphatic carbocycles. The van der Waals surface area contributed by atoms with Crippen LogP contribution in [0, 0.1) is 34.0 Å². The van der Waals surface area contributed by atoms with E-state index < -0.39 is 182 Å². The molecular formula is C63H90N2O23. The van der Waals surface area contributed by atoms with Crippen LogP contribution in [0.3, 0.4) is 0 Å². The third-order valence-electron chi connectivity index (χ3n) is 21.0. The van der Waals surface area contributed by atoms with Gasteiger partial charge in [-0.05, 0) is 122 Å². The number of aliphatic carboxylic acids is 1. The molecule has 7 aliphatic rings. The number of aryl methyl sites for hydroxylation is 1. The molecule has 23 atom stereocenters. The number of carbonyl (C=O) groups excluding carboxylic acids is 3. The van der Waals surface area contributed by atoms with E-state index in [-0.39, 0.29) is 42.7 Å². The predicted molar refractivity (Wildman–Crippen MR) is 307 cm³/mol. The van der Waals surface area contributed by atoms with Crippen LogP contribution in [-0.2, 0) is 60.4 Å². The minimum atomic E-state index is -1.96. The summed E-state index contributed by atoms with van der Waals surface area (Å²) in [6.07, 6.45) is -19.0. The number of amides is 2. The number of nitrogens with one attached hydrogen (secondary N) is 1. The van der Waals surface area contributed by atoms with Crippen LogP contribution in [0.4, 0.5) is 0 Å². The number of rotatable bonds is 24. The number of aliphatic hydroxyl groups is 10. The Kier molecular flexibility index (Phi) is 21.2. The molecule has 25 nitrogen and oxygen atoms in total. The van der Waals surface area contributed by atoms with Crippen molar-refractivity contribution >= 4 is 23.6 Å². The molecule has 2 aromatic rings. The standard InChI is InChI=1S/C63H90N2O23/c1-32-26-62-20-16-44-60(3,18-10-19-61(44,4)59(81)65(22-9-13-35-14-15-40(82-5)38(70)24-35)37(25-46(72)73)55(80)64-36(39(71)27-66)23-34-11-7-6-8-12-34)45(62)17-21-63(32,31-62)88-58-54(87-57-52(79)50(77)48(75)42(29-68)84-57)53(49(76)43(30-69)85-58)86-56-51(78)47(74)33(2)41(28-67)83-56/h6-8,11-12,14-15,24,33,36-37,41-45,47-54,56-58,66-70,74-79H,1,9-10,13,16-23,25-31H2,2-5H3,(H,64,80)(H,72,73)/t33-,36?,37-,41-,42-,43-,44+,45+,47+,48-,49-,50+,51-,52-,53+,54-,56+,57+,58+,60-,61-,62-,63+/m1/s1. The highest BCUT2D eigenvalue weighted by atomic mass is 16.8. The van der Waals surface area contributed by atoms with Gasteiger partial charge in [-0.2, -0.15) is 0 Å². The minimum absolute atomic E-state index is 0.00925. The number of ketones is 1. The highest BCUT2D eigenvalue weighted by molar-refractivity contribution is 5.96. The van der Waals surface area contributed by atoms with Crippen LogP contribution in [0.5, 0.6) is 11.5 Å². The lowest BCUT2D eigenvalue weighted by Gasteiger charge is -2.64. The number of fused-ring (bicyclic) bond motifs is 3. The van der Waals surface area contributed by atoms with E-state index in [1.165, 1.54) is 18.1 Å². The van der Waals surface area contributed by atoms with Crippen LogP contribution in [0.15, 0.2) is 60.7 Å². The van der Waals surface area contributed by atoms with Crippen molar-refractivity contribution in [2.45, 2.75) is 208 Å². The molecule has 3 aliphatic heterocycles. The first kappa shape index (κ1) is 67.6. The van der Waals surface area contributed by atoms with Gasteiger partial charge in [0.05, 0.1) is 57.2 Å². The highest BCUT2D eigenvalue weighted by Gasteiger charge is 2.70. The molecule has 3 heterocycles. The Labute approximate surface area is 511 Å². The molecular weight excluding hydrogens is 1150 g/mol. The van der Waals surface area contributed by atoms with Crippen molar-refractivity contribution in [3.05, 3.63) is 71.8 Å². The number of carboxylic acid groups (broad SMARTS) is 1. The fourth-order valence-electron chi connectivity index (χ4n) is 16.4. The summed E-state index contributed by atoms with van der Waals surface area (Å²) in [5.74, 6) is -4.33. The van der Waals surface area contributed by atoms with Crippen LogP contribution < -0.4 is 10.1 Å². The molecule has 3 saturated heterocycles. The van der Waals surface area contributed by atoms with E-state index >= 15 is 4.79 Å². The summed E-state index contributed by atoms with van der Waals surface area (Å²) in [4.78, 5) is 58.5. The zero-order valence-corrected chi connectivity index (χ0v) is 50.3. The van der Waals surface area contributed by atoms with Gasteiger partial charge in [-0.1, -0.05) is 70.2 Å². The Hall–Kier alpha value is -4.78. The third kappa shape index (κ3) is 13.0. The van der Waals surface area contributed by atoms with Gasteiger partial charge >= 0.3 is 5.97 Å². The van der Waals surface area contributed by atoms with Gasteiger partial charge in [-0.3, -0.25) is 19.2 Å². The number of aromatic hydroxyl groups is 1. The molecule has 490 valence electrons. The van der Waals surface area contributed by atoms with Crippen molar-refractivity contribution in [1.29, 1.82) is 0 Å². The maximum atomic E-state index is 16.1. The molecule has 0 radical (unpaired) electrons. The van der Waals surface area contributed by atoms with Crippen molar-refractivity contribution in [2.24, 2.45) is 34.0 Å². The summed E-state index contributed by atoms with van der Waals surface area (Å²) in [6, 6.07) is 10.9. The number of phenolic OH excluding ortho intramolecular Hbond substituents is 1. The number of phenols is 1. The van der Waals surface area contributed by atoms with Gasteiger partial charge in [0.15, 0.2) is 36.2 Å². The van der Waals surface area contributed by atoms with Gasteiger partial charge in [-0.15, -0.1) is 0 Å². The van der Waals surface area contributed by atoms with Crippen LogP contribution in [-0.4, -0.2) is 234 Å². The molecule has 9 rings (SSSR count). The summed E-state index contributed by atoms with van der Waals surface area (Å²) in [5, 5.41) is 132. The van der Waals surface area contributed by atoms with E-state index in [0.717, 1.165) is 0 Å². The average Bonchev–Trinajstić information content (AvgIpc) is 1.39. The average molecular weight is 1240 g/mol. The summed E-state index contributed by atoms with van der Waals surface area (Å²) < 4.78 is 43.1. The summed E-state index contributed by atoms with van der Waals surface area (Å²) in [5.41, 5.74) is -1.34. The number of methoxy groups -OCH3 is 1. The normalized spacial score (nSPS) is 39.5. The topological polar surface area (TPSA) is 391 Å². The Balaban J connectivity index is 1.01. The second-order valence-corrected chi connectivity index (χ2v) is 26.2. The summed E-state index contributed by atoms with van der Waals surface area (Å²) >= 11 is 0. The zero-order chi connectivity index (χ0) is 63.8. The Morgan fingerprint density at radius 2 is 1.39 bits per heavy atom. The fourth-order valence-corrected chi connectivity index (χ4v) is 16.4. The molecule has 0 aromatic heterocycles. The Morgan fingerprint density at radius 1 is 0.750 bits per heavy atom. The molecule has 13 N–H and O–H groups in total. The molecule has 25 heteroatoms. The maximum Gasteiger partial charge on any atom is 0.305 e. The van der Waals surface area contributed by atoms with Crippen molar-refractivity contribution in [3.63, 3.8) is 0 Å². The van der Waals surface area contributed by atoms with E-state index in [2.05, 4.69) is 18.8 Å². The number of benzene rings is 2. The first-order valence-corrected chi connectivity index (χ1v) is 30.7. The van der Waals surface area contributed by atoms with Crippen molar-refractivity contribution < 1.29 is 114 Å². The van der Waals surface area contributed by atoms with Crippen molar-refractivity contribution in [1.82, 2.24) is 10.2 Å². The Bertz CT molecular complexity index is 2780. The molecule has 7 fully saturated rings. The quantitative estimate of drug-likeness (QED) is 0.0490. The number of aliphatic hydroxyl groups excluding tert-OH is 10. The van der Waals surface area contributed by atoms with Gasteiger partial charge in [-0.25, -0.2) is 0 Å². The lowest BCUT2D eigenvalue weighted by molar-refractivity contribution is -0.398. The molecule has 2 aromatic carbocycles. The van der Waals surface area contributed by atoms with Crippen LogP contribution in [0.25, 0.3) is 0 Å². The number of carbonyl (C=O) groups is 4. The molecule has 4 saturated carbocycles. The second-order valence-electron chi connectivity index (χ2n) is 26.2. The van der Waals surface area contributed by atoms with E-state index in [4.69, 9.17) is 33.2 Å². The van der Waals surface area contributed by atoms with Gasteiger partial charge < -0.3 is 105 Å². The molecule has 1 unspecified atom stereocenters. The maximum absolute atomic E-state index is 16.1. The molecule has 88 heavy (non-hydrogen) atoms. The van der Waals surface area contributed by atoms with Gasteiger partial charge in [0, 0.05) is 17.9 Å². The van der Waals surface area contributed by atoms with Crippen LogP contribution in [0.1, 0.15) is 103 Å². The van der Waals surface area contributed by atoms with Gasteiger partial charge in [0.2, 0.25) is 11.8 Å². The molecule has 1 spiro atoms. The van der Waals surface area contributed by atoms with E-state index in [1.807, 2.05) is 6.92 Å². The number of Topliss-reactive ketones (excluding diaryl/α,β-unsaturated/α-hetero) is 1.